The fraction of sp³-hybridized carbons (Fsp3) is 0.863. The van der Waals surface area contributed by atoms with Crippen molar-refractivity contribution in [2.75, 3.05) is 195 Å². The molecule has 0 radical (unpaired) electrons. The van der Waals surface area contributed by atoms with Gasteiger partial charge in [-0.1, -0.05) is 92.4 Å². The second-order valence-electron chi connectivity index (χ2n) is 19.4. The zero-order valence-corrected chi connectivity index (χ0v) is 64.1. The summed E-state index contributed by atoms with van der Waals surface area (Å²) in [6, 6.07) is 0.0286. The molecular weight excluding hydrogens is 1400 g/mol. The Morgan fingerprint density at radius 3 is 1.09 bits per heavy atom. The lowest BCUT2D eigenvalue weighted by molar-refractivity contribution is -0.142. The topological polar surface area (TPSA) is 372 Å². The van der Waals surface area contributed by atoms with Crippen LogP contribution in [0.2, 0.25) is 0 Å². The number of nitrogens with zero attached hydrogens (tertiary/aromatic N) is 1. The Hall–Kier alpha value is -5.42. The number of rotatable bonds is 45. The summed E-state index contributed by atoms with van der Waals surface area (Å²) in [6.45, 7) is 31.7. The molecule has 1 atom stereocenters. The van der Waals surface area contributed by atoms with Gasteiger partial charge in [-0.15, -0.1) is 0 Å². The Kier molecular flexibility index (Phi) is 186. The van der Waals surface area contributed by atoms with Crippen molar-refractivity contribution in [3.63, 3.8) is 0 Å². The zero-order valence-electron chi connectivity index (χ0n) is 62.4. The zero-order chi connectivity index (χ0) is 74.9. The van der Waals surface area contributed by atoms with Gasteiger partial charge in [0.25, 0.3) is 0 Å². The van der Waals surface area contributed by atoms with E-state index in [1.807, 2.05) is 27.7 Å². The van der Waals surface area contributed by atoms with Gasteiger partial charge in [0.05, 0.1) is 50.5 Å². The van der Waals surface area contributed by atoms with Crippen LogP contribution in [0.5, 0.6) is 0 Å². The molecule has 0 aromatic heterocycles. The maximum atomic E-state index is 11.5. The summed E-state index contributed by atoms with van der Waals surface area (Å²) in [5.74, 6) is 0.396. The molecule has 8 N–H and O–H groups in total. The van der Waals surface area contributed by atoms with Crippen LogP contribution >= 0.6 is 24.4 Å². The molecule has 0 spiro atoms. The Morgan fingerprint density at radius 2 is 0.752 bits per heavy atom. The maximum Gasteiger partial charge on any atom is 0.407 e. The van der Waals surface area contributed by atoms with Crippen LogP contribution in [0.3, 0.4) is 0 Å². The summed E-state index contributed by atoms with van der Waals surface area (Å²) in [6.07, 6.45) is 10.1. The molecule has 0 bridgehead atoms. The number of unbranched alkanes of at least 4 members (excludes halogenated alkanes) is 2. The molecule has 0 aliphatic carbocycles. The number of thiocarbonyl (C=S) groups is 2. The third kappa shape index (κ3) is 201. The number of alkyl carbamates (subject to hydrolysis) is 3. The Bertz CT molecular complexity index is 1610. The minimum atomic E-state index is -0.406. The Labute approximate surface area is 654 Å². The first kappa shape index (κ1) is 145. The third-order valence-electron chi connectivity index (χ3n) is 9.82. The maximum absolute atomic E-state index is 11.5. The number of hydrogen-bond acceptors (Lipinski definition) is 26. The molecule has 0 heterocycles. The van der Waals surface area contributed by atoms with E-state index in [-0.39, 0.29) is 110 Å². The summed E-state index contributed by atoms with van der Waals surface area (Å²) in [5, 5.41) is 21.1. The molecule has 0 rings (SSSR count). The van der Waals surface area contributed by atoms with Crippen LogP contribution in [0, 0.1) is 5.41 Å². The average molecular weight is 1580 g/mol. The summed E-state index contributed by atoms with van der Waals surface area (Å²) in [5.41, 5.74) is 5.28. The number of nitrogens with two attached hydrogens (primary N) is 1. The second kappa shape index (κ2) is 134. The minimum Gasteiger partial charge on any atom is -0.487 e. The predicted octanol–water partition coefficient (Wildman–Crippen LogP) is 14.4. The number of hydrogen-bond donors (Lipinski definition) is 7. The minimum absolute atomic E-state index is 0. The molecular formula is C73H170N8O22S2. The lowest BCUT2D eigenvalue weighted by Crippen LogP contribution is -2.33. The number of amidine groups is 1. The van der Waals surface area contributed by atoms with Gasteiger partial charge < -0.3 is 108 Å². The monoisotopic (exact) mass is 1580 g/mol. The van der Waals surface area contributed by atoms with Crippen molar-refractivity contribution in [3.05, 3.63) is 0 Å². The van der Waals surface area contributed by atoms with Crippen molar-refractivity contribution < 1.29 is 105 Å². The van der Waals surface area contributed by atoms with E-state index in [0.29, 0.717) is 123 Å². The molecule has 0 aromatic carbocycles. The quantitative estimate of drug-likeness (QED) is 0.00566. The van der Waals surface area contributed by atoms with Gasteiger partial charge in [-0.2, -0.15) is 0 Å². The highest BCUT2D eigenvalue weighted by atomic mass is 32.1. The number of carbonyl (C=O) groups excluding carboxylic acids is 6. The first-order valence-corrected chi connectivity index (χ1v) is 33.2. The van der Waals surface area contributed by atoms with Crippen LogP contribution in [-0.4, -0.2) is 259 Å². The van der Waals surface area contributed by atoms with Crippen molar-refractivity contribution in [3.8, 4) is 0 Å². The third-order valence-corrected chi connectivity index (χ3v) is 10.1. The van der Waals surface area contributed by atoms with Crippen molar-refractivity contribution in [2.45, 2.75) is 233 Å². The van der Waals surface area contributed by atoms with Crippen molar-refractivity contribution in [2.24, 2.45) is 10.7 Å². The summed E-state index contributed by atoms with van der Waals surface area (Å²) >= 11 is 9.48. The van der Waals surface area contributed by atoms with Gasteiger partial charge in [0.2, 0.25) is 5.91 Å². The second-order valence-corrected chi connectivity index (χ2v) is 20.5. The molecule has 0 saturated heterocycles. The average Bonchev–Trinajstić information content (AvgIpc) is 1.23. The molecule has 4 amide bonds. The van der Waals surface area contributed by atoms with E-state index < -0.39 is 12.2 Å². The van der Waals surface area contributed by atoms with E-state index in [1.165, 1.54) is 20.8 Å². The molecule has 32 heteroatoms. The number of amides is 4. The first-order chi connectivity index (χ1) is 45.8. The fourth-order valence-electron chi connectivity index (χ4n) is 5.27. The van der Waals surface area contributed by atoms with E-state index in [0.717, 1.165) is 109 Å². The predicted molar refractivity (Wildman–Crippen MR) is 445 cm³/mol. The Balaban J connectivity index is -0.0000000517. The van der Waals surface area contributed by atoms with Gasteiger partial charge >= 0.3 is 30.2 Å². The summed E-state index contributed by atoms with van der Waals surface area (Å²) in [4.78, 5) is 68.8. The number of aliphatic imine (C=N–C) groups is 1. The van der Waals surface area contributed by atoms with Gasteiger partial charge in [-0.3, -0.25) is 24.8 Å². The smallest absolute Gasteiger partial charge is 0.407 e. The first-order valence-electron chi connectivity index (χ1n) is 32.4. The van der Waals surface area contributed by atoms with E-state index in [1.54, 1.807) is 77.6 Å². The SMILES string of the molecule is C.C.C.C.C.C.C.C.C.CCCCOC(=O)NCC.CCOCOC(C)=N.COCCCN=C(C)N.COCCCNC(C)=O.COCCCNC(C)=S.COCCCOC(=O)NCCCCC(C)NC(=O)OCCCOC.COCCCOC(C)=O.COCCCOC(C)=O.COCCCOC(C)=S. The lowest BCUT2D eigenvalue weighted by atomic mass is 10.1. The molecule has 1 unspecified atom stereocenters. The highest BCUT2D eigenvalue weighted by molar-refractivity contribution is 7.80. The van der Waals surface area contributed by atoms with Gasteiger partial charge in [0.15, 0.2) is 17.7 Å². The number of ether oxygens (including phenoxy) is 16. The van der Waals surface area contributed by atoms with Crippen molar-refractivity contribution >= 4 is 82.3 Å². The number of nitrogens with one attached hydrogen (secondary N) is 6. The number of methoxy groups -OCH3 is 8. The Morgan fingerprint density at radius 1 is 0.410 bits per heavy atom. The van der Waals surface area contributed by atoms with Gasteiger partial charge in [-0.25, -0.2) is 14.4 Å². The molecule has 0 aliphatic heterocycles. The summed E-state index contributed by atoms with van der Waals surface area (Å²) in [7, 11) is 13.2. The van der Waals surface area contributed by atoms with E-state index in [4.69, 9.17) is 84.9 Å². The van der Waals surface area contributed by atoms with Gasteiger partial charge in [-0.05, 0) is 91.8 Å². The molecule has 0 aromatic rings. The van der Waals surface area contributed by atoms with E-state index in [9.17, 15) is 28.8 Å². The van der Waals surface area contributed by atoms with Crippen molar-refractivity contribution in [1.82, 2.24) is 26.6 Å². The summed E-state index contributed by atoms with van der Waals surface area (Å²) < 4.78 is 76.9. The number of esters is 2. The van der Waals surface area contributed by atoms with Crippen LogP contribution in [-0.2, 0) is 90.2 Å². The fourth-order valence-corrected chi connectivity index (χ4v) is 5.46. The number of carbonyl (C=O) groups is 6. The molecule has 646 valence electrons. The normalized spacial score (nSPS) is 9.11. The van der Waals surface area contributed by atoms with Crippen LogP contribution in [0.25, 0.3) is 0 Å². The van der Waals surface area contributed by atoms with E-state index >= 15 is 0 Å². The lowest BCUT2D eigenvalue weighted by Gasteiger charge is -2.14. The molecule has 105 heavy (non-hydrogen) atoms. The van der Waals surface area contributed by atoms with Crippen LogP contribution in [0.1, 0.15) is 226 Å². The molecule has 0 saturated carbocycles. The molecule has 0 fully saturated rings. The van der Waals surface area contributed by atoms with Crippen LogP contribution in [0.4, 0.5) is 14.4 Å². The van der Waals surface area contributed by atoms with Crippen molar-refractivity contribution in [1.29, 1.82) is 5.41 Å². The molecule has 0 aliphatic rings. The van der Waals surface area contributed by atoms with E-state index in [2.05, 4.69) is 64.9 Å². The highest BCUT2D eigenvalue weighted by Gasteiger charge is 2.08. The van der Waals surface area contributed by atoms with Crippen LogP contribution < -0.4 is 32.3 Å². The largest absolute Gasteiger partial charge is 0.487 e. The highest BCUT2D eigenvalue weighted by Crippen LogP contribution is 2.01. The standard InChI is InChI=1S/C16H32N2O6.C7H15NO2.C6H14N2O.C6H13NO2.C6H13NOS.2C6H12O3.C6H12O2S.C5H11NO2.9CH4/c1-14(18-16(20)24-13-7-11-22-3)8-4-5-9-17-15(19)23-12-6-10-21-2;1-3-5-6-10-7(9)8-4-2;1-6(7)8-4-3-5-9-2;1-6(8)7-4-3-5-9-2;1-6(9)7-4-3-5-8-2;2*1-6(7)9-5-3-4-8-2;1-6(9)8-5-3-4-7-2;1-3-7-4-8-5(2)6;;;;;;;;;/h14H,4-13H2,1-3H3,(H,17,19)(H,18,20);3-6H2,1-2H3,(H,8,9);3-5H2,1-2H3,(H2,7,8);3-5H2,1-2H3,(H,7,8);3-5H2,1-2H3,(H,7,9);3*3-5H2,1-2H3;6H,3-4H2,1-2H3;9*1H4. The van der Waals surface area contributed by atoms with Gasteiger partial charge in [0.1, 0.15) is 0 Å². The molecule has 30 nitrogen and oxygen atoms in total. The van der Waals surface area contributed by atoms with Crippen LogP contribution in [0.15, 0.2) is 4.99 Å². The van der Waals surface area contributed by atoms with Gasteiger partial charge in [0, 0.05) is 222 Å².